The Morgan fingerprint density at radius 2 is 1.59 bits per heavy atom. The Morgan fingerprint density at radius 3 is 2.05 bits per heavy atom. The molecule has 1 aliphatic heterocycles. The van der Waals surface area contributed by atoms with E-state index < -0.39 is 8.32 Å². The molecule has 0 N–H and O–H groups in total. The summed E-state index contributed by atoms with van der Waals surface area (Å²) in [6, 6.07) is 6.94. The minimum atomic E-state index is -1.87. The van der Waals surface area contributed by atoms with Gasteiger partial charge in [-0.25, -0.2) is 0 Å². The molecule has 1 aliphatic carbocycles. The summed E-state index contributed by atoms with van der Waals surface area (Å²) in [5, 5.41) is 0.127. The van der Waals surface area contributed by atoms with Gasteiger partial charge in [-0.3, -0.25) is 14.5 Å². The van der Waals surface area contributed by atoms with E-state index in [1.165, 1.54) is 4.90 Å². The molecule has 22 heavy (non-hydrogen) atoms. The second-order valence-electron chi connectivity index (χ2n) is 7.75. The van der Waals surface area contributed by atoms with Gasteiger partial charge in [-0.05, 0) is 36.7 Å². The van der Waals surface area contributed by atoms with Gasteiger partial charge in [0.2, 0.25) is 0 Å². The smallest absolute Gasteiger partial charge is 0.261 e. The van der Waals surface area contributed by atoms with Crippen LogP contribution in [0.3, 0.4) is 0 Å². The third kappa shape index (κ3) is 2.32. The first kappa shape index (κ1) is 15.4. The number of carbonyl (C=O) groups excluding carboxylic acids is 2. The fraction of sp³-hybridized carbons (Fsp3) is 0.529. The Hall–Kier alpha value is -1.46. The number of hydrogen-bond acceptors (Lipinski definition) is 3. The number of benzene rings is 1. The number of carbonyl (C=O) groups is 2. The molecule has 2 atom stereocenters. The summed E-state index contributed by atoms with van der Waals surface area (Å²) in [5.41, 5.74) is 1.04. The van der Waals surface area contributed by atoms with Crippen molar-refractivity contribution in [2.75, 3.05) is 0 Å². The molecule has 4 nitrogen and oxygen atoms in total. The Morgan fingerprint density at radius 1 is 1.09 bits per heavy atom. The highest BCUT2D eigenvalue weighted by Crippen LogP contribution is 2.44. The van der Waals surface area contributed by atoms with Crippen molar-refractivity contribution in [2.45, 2.75) is 57.5 Å². The van der Waals surface area contributed by atoms with E-state index in [4.69, 9.17) is 4.43 Å². The lowest BCUT2D eigenvalue weighted by Gasteiger charge is -2.36. The fourth-order valence-corrected chi connectivity index (χ4v) is 3.99. The fourth-order valence-electron chi connectivity index (χ4n) is 2.62. The highest BCUT2D eigenvalue weighted by Gasteiger charge is 2.54. The van der Waals surface area contributed by atoms with Crippen LogP contribution in [-0.4, -0.2) is 37.2 Å². The van der Waals surface area contributed by atoms with Crippen molar-refractivity contribution in [3.63, 3.8) is 0 Å². The molecule has 0 radical (unpaired) electrons. The van der Waals surface area contributed by atoms with Crippen molar-refractivity contribution in [1.29, 1.82) is 0 Å². The zero-order valence-electron chi connectivity index (χ0n) is 13.8. The van der Waals surface area contributed by atoms with Crippen LogP contribution in [0.5, 0.6) is 0 Å². The van der Waals surface area contributed by atoms with E-state index in [2.05, 4.69) is 33.9 Å². The van der Waals surface area contributed by atoms with Gasteiger partial charge in [0, 0.05) is 0 Å². The maximum absolute atomic E-state index is 12.5. The zero-order valence-corrected chi connectivity index (χ0v) is 14.8. The summed E-state index contributed by atoms with van der Waals surface area (Å²) in [6.07, 6.45) is 0.765. The number of fused-ring (bicyclic) bond motifs is 1. The summed E-state index contributed by atoms with van der Waals surface area (Å²) in [4.78, 5) is 26.3. The molecule has 0 bridgehead atoms. The van der Waals surface area contributed by atoms with Crippen molar-refractivity contribution < 1.29 is 14.0 Å². The summed E-state index contributed by atoms with van der Waals surface area (Å²) < 4.78 is 6.33. The Kier molecular flexibility index (Phi) is 3.34. The molecule has 1 aromatic carbocycles. The van der Waals surface area contributed by atoms with Crippen LogP contribution in [-0.2, 0) is 4.43 Å². The second-order valence-corrected chi connectivity index (χ2v) is 12.5. The molecule has 0 aromatic heterocycles. The van der Waals surface area contributed by atoms with E-state index >= 15 is 0 Å². The summed E-state index contributed by atoms with van der Waals surface area (Å²) in [6.45, 7) is 11.0. The van der Waals surface area contributed by atoms with Crippen LogP contribution in [0.4, 0.5) is 0 Å². The van der Waals surface area contributed by atoms with Gasteiger partial charge in [0.25, 0.3) is 11.8 Å². The first-order valence-electron chi connectivity index (χ1n) is 7.78. The third-order valence-corrected chi connectivity index (χ3v) is 9.61. The van der Waals surface area contributed by atoms with Gasteiger partial charge in [0.1, 0.15) is 0 Å². The standard InChI is InChI=1S/C17H23NO3Si/c1-17(2,3)22(4,5)21-14-10-13(14)18-15(19)11-8-6-7-9-12(11)16(18)20/h6-9,13-14H,10H2,1-5H3/t13-,14-/m0/s1. The van der Waals surface area contributed by atoms with Crippen LogP contribution < -0.4 is 0 Å². The van der Waals surface area contributed by atoms with Crippen LogP contribution in [0.25, 0.3) is 0 Å². The molecular weight excluding hydrogens is 294 g/mol. The van der Waals surface area contributed by atoms with E-state index in [9.17, 15) is 9.59 Å². The monoisotopic (exact) mass is 317 g/mol. The third-order valence-electron chi connectivity index (χ3n) is 5.11. The zero-order chi connectivity index (χ0) is 16.3. The highest BCUT2D eigenvalue weighted by molar-refractivity contribution is 6.74. The maximum Gasteiger partial charge on any atom is 0.261 e. The lowest BCUT2D eigenvalue weighted by atomic mass is 10.1. The quantitative estimate of drug-likeness (QED) is 0.634. The van der Waals surface area contributed by atoms with Crippen molar-refractivity contribution in [2.24, 2.45) is 0 Å². The summed E-state index contributed by atoms with van der Waals surface area (Å²) in [7, 11) is -1.87. The van der Waals surface area contributed by atoms with Crippen LogP contribution in [0, 0.1) is 0 Å². The Labute approximate surface area is 132 Å². The molecule has 2 amide bonds. The number of nitrogens with zero attached hydrogens (tertiary/aromatic N) is 1. The SMILES string of the molecule is CC(C)(C)[Si](C)(C)O[C@H]1C[C@@H]1N1C(=O)c2ccccc2C1=O. The first-order chi connectivity index (χ1) is 10.1. The summed E-state index contributed by atoms with van der Waals surface area (Å²) >= 11 is 0. The minimum Gasteiger partial charge on any atom is -0.412 e. The normalized spacial score (nSPS) is 24.7. The van der Waals surface area contributed by atoms with Crippen LogP contribution in [0.2, 0.25) is 18.1 Å². The molecule has 5 heteroatoms. The van der Waals surface area contributed by atoms with Crippen LogP contribution in [0.15, 0.2) is 24.3 Å². The molecule has 0 saturated heterocycles. The van der Waals surface area contributed by atoms with Gasteiger partial charge in [0.15, 0.2) is 8.32 Å². The predicted molar refractivity (Wildman–Crippen MR) is 87.4 cm³/mol. The predicted octanol–water partition coefficient (Wildman–Crippen LogP) is 3.45. The molecule has 1 aromatic rings. The average Bonchev–Trinajstić information content (AvgIpc) is 3.09. The Balaban J connectivity index is 1.74. The number of hydrogen-bond donors (Lipinski definition) is 0. The van der Waals surface area contributed by atoms with Gasteiger partial charge in [-0.15, -0.1) is 0 Å². The number of imide groups is 1. The molecule has 1 heterocycles. The number of amides is 2. The van der Waals surface area contributed by atoms with Crippen LogP contribution >= 0.6 is 0 Å². The molecular formula is C17H23NO3Si. The summed E-state index contributed by atoms with van der Waals surface area (Å²) in [5.74, 6) is -0.348. The van der Waals surface area contributed by atoms with E-state index in [1.807, 2.05) is 0 Å². The molecule has 3 rings (SSSR count). The molecule has 0 unspecified atom stereocenters. The largest absolute Gasteiger partial charge is 0.412 e. The molecule has 0 spiro atoms. The van der Waals surface area contributed by atoms with Crippen molar-refractivity contribution in [3.8, 4) is 0 Å². The second kappa shape index (κ2) is 4.76. The minimum absolute atomic E-state index is 0.00287. The van der Waals surface area contributed by atoms with Crippen molar-refractivity contribution in [1.82, 2.24) is 4.90 Å². The highest BCUT2D eigenvalue weighted by atomic mass is 28.4. The van der Waals surface area contributed by atoms with Gasteiger partial charge in [-0.1, -0.05) is 32.9 Å². The lowest BCUT2D eigenvalue weighted by molar-refractivity contribution is 0.0616. The molecule has 1 fully saturated rings. The van der Waals surface area contributed by atoms with E-state index in [-0.39, 0.29) is 29.0 Å². The van der Waals surface area contributed by atoms with Gasteiger partial charge < -0.3 is 4.43 Å². The molecule has 1 saturated carbocycles. The number of rotatable bonds is 3. The lowest BCUT2D eigenvalue weighted by Crippen LogP contribution is -2.43. The first-order valence-corrected chi connectivity index (χ1v) is 10.7. The Bertz CT molecular complexity index is 613. The van der Waals surface area contributed by atoms with Crippen molar-refractivity contribution >= 4 is 20.1 Å². The van der Waals surface area contributed by atoms with Crippen molar-refractivity contribution in [3.05, 3.63) is 35.4 Å². The van der Waals surface area contributed by atoms with E-state index in [1.54, 1.807) is 24.3 Å². The van der Waals surface area contributed by atoms with Crippen LogP contribution in [0.1, 0.15) is 47.9 Å². The topological polar surface area (TPSA) is 46.6 Å². The average molecular weight is 317 g/mol. The van der Waals surface area contributed by atoms with E-state index in [0.29, 0.717) is 11.1 Å². The molecule has 2 aliphatic rings. The maximum atomic E-state index is 12.5. The van der Waals surface area contributed by atoms with E-state index in [0.717, 1.165) is 6.42 Å². The van der Waals surface area contributed by atoms with Gasteiger partial charge in [-0.2, -0.15) is 0 Å². The molecule has 118 valence electrons. The van der Waals surface area contributed by atoms with Gasteiger partial charge in [0.05, 0.1) is 23.3 Å². The van der Waals surface area contributed by atoms with Gasteiger partial charge >= 0.3 is 0 Å².